The summed E-state index contributed by atoms with van der Waals surface area (Å²) in [5.74, 6) is 0.874. The molecule has 4 nitrogen and oxygen atoms in total. The van der Waals surface area contributed by atoms with Crippen molar-refractivity contribution in [3.05, 3.63) is 24.0 Å². The van der Waals surface area contributed by atoms with Gasteiger partial charge in [0.1, 0.15) is 11.2 Å². The number of nitrogens with zero attached hydrogens (tertiary/aromatic N) is 1. The van der Waals surface area contributed by atoms with Crippen LogP contribution in [0.2, 0.25) is 0 Å². The van der Waals surface area contributed by atoms with Gasteiger partial charge in [-0.3, -0.25) is 4.79 Å². The third-order valence-corrected chi connectivity index (χ3v) is 4.06. The number of allylic oxidation sites excluding steroid dienone is 2. The van der Waals surface area contributed by atoms with Crippen molar-refractivity contribution in [1.29, 1.82) is 0 Å². The van der Waals surface area contributed by atoms with Gasteiger partial charge >= 0.3 is 0 Å². The van der Waals surface area contributed by atoms with E-state index in [2.05, 4.69) is 0 Å². The molecule has 0 unspecified atom stereocenters. The maximum Gasteiger partial charge on any atom is 0.240 e. The van der Waals surface area contributed by atoms with Gasteiger partial charge in [0.15, 0.2) is 0 Å². The zero-order chi connectivity index (χ0) is 13.9. The number of carbonyl (C=O) groups is 1. The molecule has 0 aromatic heterocycles. The van der Waals surface area contributed by atoms with Crippen LogP contribution in [0.1, 0.15) is 26.2 Å². The molecular weight excluding hydrogens is 242 g/mol. The molecule has 19 heavy (non-hydrogen) atoms. The Hall–Kier alpha value is -1.29. The van der Waals surface area contributed by atoms with Crippen molar-refractivity contribution in [3.8, 4) is 0 Å². The largest absolute Gasteiger partial charge is 0.500 e. The van der Waals surface area contributed by atoms with E-state index in [0.717, 1.165) is 31.6 Å². The summed E-state index contributed by atoms with van der Waals surface area (Å²) >= 11 is 0. The number of carbonyl (C=O) groups excluding carboxylic acids is 1. The van der Waals surface area contributed by atoms with E-state index in [-0.39, 0.29) is 11.9 Å². The van der Waals surface area contributed by atoms with Gasteiger partial charge in [-0.1, -0.05) is 12.2 Å². The van der Waals surface area contributed by atoms with Crippen LogP contribution in [-0.2, 0) is 14.3 Å². The fraction of sp³-hybridized carbons (Fsp3) is 0.667. The molecule has 0 radical (unpaired) electrons. The predicted octanol–water partition coefficient (Wildman–Crippen LogP) is 2.12. The number of likely N-dealkylation sites (tertiary alicyclic amines) is 1. The van der Waals surface area contributed by atoms with E-state index in [4.69, 9.17) is 9.47 Å². The lowest BCUT2D eigenvalue weighted by Gasteiger charge is -2.35. The Kier molecular flexibility index (Phi) is 4.30. The first-order valence-corrected chi connectivity index (χ1v) is 6.86. The molecule has 0 spiro atoms. The molecule has 2 atom stereocenters. The zero-order valence-corrected chi connectivity index (χ0v) is 12.0. The Balaban J connectivity index is 2.20. The second-order valence-electron chi connectivity index (χ2n) is 5.36. The molecule has 1 heterocycles. The molecule has 2 aliphatic rings. The van der Waals surface area contributed by atoms with Crippen LogP contribution in [0.25, 0.3) is 0 Å². The summed E-state index contributed by atoms with van der Waals surface area (Å²) in [5.41, 5.74) is -0.663. The van der Waals surface area contributed by atoms with Crippen molar-refractivity contribution in [2.24, 2.45) is 5.41 Å². The van der Waals surface area contributed by atoms with Crippen LogP contribution in [0.15, 0.2) is 24.0 Å². The summed E-state index contributed by atoms with van der Waals surface area (Å²) < 4.78 is 10.6. The number of hydrogen-bond acceptors (Lipinski definition) is 3. The van der Waals surface area contributed by atoms with Crippen LogP contribution < -0.4 is 0 Å². The van der Waals surface area contributed by atoms with Crippen LogP contribution in [0.5, 0.6) is 0 Å². The summed E-state index contributed by atoms with van der Waals surface area (Å²) in [4.78, 5) is 14.8. The highest BCUT2D eigenvalue weighted by Crippen LogP contribution is 2.37. The molecule has 1 aliphatic carbocycles. The van der Waals surface area contributed by atoms with Gasteiger partial charge in [-0.25, -0.2) is 0 Å². The van der Waals surface area contributed by atoms with Crippen molar-refractivity contribution >= 4 is 5.91 Å². The fourth-order valence-electron chi connectivity index (χ4n) is 3.01. The van der Waals surface area contributed by atoms with Gasteiger partial charge in [-0.2, -0.15) is 0 Å². The van der Waals surface area contributed by atoms with Gasteiger partial charge in [0.05, 0.1) is 19.8 Å². The van der Waals surface area contributed by atoms with Crippen molar-refractivity contribution in [1.82, 2.24) is 4.90 Å². The van der Waals surface area contributed by atoms with E-state index in [1.807, 2.05) is 30.1 Å². The minimum atomic E-state index is -0.663. The quantitative estimate of drug-likeness (QED) is 0.731. The molecule has 1 saturated heterocycles. The smallest absolute Gasteiger partial charge is 0.240 e. The van der Waals surface area contributed by atoms with E-state index < -0.39 is 5.41 Å². The van der Waals surface area contributed by atoms with Crippen LogP contribution in [0.3, 0.4) is 0 Å². The molecule has 0 bridgehead atoms. The minimum absolute atomic E-state index is 0.121. The molecular formula is C15H23NO3. The lowest BCUT2D eigenvalue weighted by molar-refractivity contribution is -0.140. The normalized spacial score (nSPS) is 30.4. The molecule has 106 valence electrons. The fourth-order valence-corrected chi connectivity index (χ4v) is 3.01. The minimum Gasteiger partial charge on any atom is -0.500 e. The van der Waals surface area contributed by atoms with E-state index >= 15 is 0 Å². The first-order chi connectivity index (χ1) is 9.13. The molecule has 0 aromatic carbocycles. The second kappa shape index (κ2) is 5.78. The average Bonchev–Trinajstić information content (AvgIpc) is 2.87. The summed E-state index contributed by atoms with van der Waals surface area (Å²) in [6.07, 6.45) is 8.88. The van der Waals surface area contributed by atoms with Crippen LogP contribution >= 0.6 is 0 Å². The number of hydrogen-bond donors (Lipinski definition) is 0. The average molecular weight is 265 g/mol. The van der Waals surface area contributed by atoms with E-state index in [9.17, 15) is 4.79 Å². The monoisotopic (exact) mass is 265 g/mol. The molecule has 2 rings (SSSR count). The number of amides is 1. The van der Waals surface area contributed by atoms with Gasteiger partial charge in [-0.05, 0) is 32.3 Å². The van der Waals surface area contributed by atoms with Crippen molar-refractivity contribution in [2.45, 2.75) is 32.2 Å². The molecule has 1 aliphatic heterocycles. The Labute approximate surface area is 115 Å². The first-order valence-electron chi connectivity index (χ1n) is 6.86. The Morgan fingerprint density at radius 3 is 3.00 bits per heavy atom. The molecule has 0 aromatic rings. The van der Waals surface area contributed by atoms with Crippen molar-refractivity contribution in [2.75, 3.05) is 27.4 Å². The Morgan fingerprint density at radius 1 is 1.53 bits per heavy atom. The molecule has 0 saturated carbocycles. The summed E-state index contributed by atoms with van der Waals surface area (Å²) in [6.45, 7) is 3.35. The highest BCUT2D eigenvalue weighted by atomic mass is 16.5. The van der Waals surface area contributed by atoms with E-state index in [1.165, 1.54) is 0 Å². The molecule has 1 amide bonds. The molecule has 0 N–H and O–H groups in total. The molecule has 1 fully saturated rings. The van der Waals surface area contributed by atoms with Crippen molar-refractivity contribution < 1.29 is 14.3 Å². The van der Waals surface area contributed by atoms with E-state index in [0.29, 0.717) is 6.61 Å². The standard InChI is InChI=1S/C15H23NO3/c1-15(9-5-4-8-13(15)19-3)14(17)16-10-6-7-12(16)11-18-2/h5,8-9,12H,4,6-7,10-11H2,1-3H3/t12-,15+/m0/s1. The van der Waals surface area contributed by atoms with Gasteiger partial charge in [0.2, 0.25) is 5.91 Å². The van der Waals surface area contributed by atoms with Gasteiger partial charge in [0, 0.05) is 13.7 Å². The van der Waals surface area contributed by atoms with Crippen LogP contribution in [-0.4, -0.2) is 44.2 Å². The lowest BCUT2D eigenvalue weighted by Crippen LogP contribution is -2.47. The summed E-state index contributed by atoms with van der Waals surface area (Å²) in [7, 11) is 3.32. The van der Waals surface area contributed by atoms with Gasteiger partial charge in [0.25, 0.3) is 0 Å². The molecule has 4 heteroatoms. The lowest BCUT2D eigenvalue weighted by atomic mass is 9.82. The van der Waals surface area contributed by atoms with Gasteiger partial charge in [-0.15, -0.1) is 0 Å². The topological polar surface area (TPSA) is 38.8 Å². The van der Waals surface area contributed by atoms with E-state index in [1.54, 1.807) is 14.2 Å². The zero-order valence-electron chi connectivity index (χ0n) is 12.0. The third-order valence-electron chi connectivity index (χ3n) is 4.06. The summed E-state index contributed by atoms with van der Waals surface area (Å²) in [6, 6.07) is 0.197. The predicted molar refractivity (Wildman–Crippen MR) is 73.6 cm³/mol. The summed E-state index contributed by atoms with van der Waals surface area (Å²) in [5, 5.41) is 0. The van der Waals surface area contributed by atoms with Gasteiger partial charge < -0.3 is 14.4 Å². The number of rotatable bonds is 4. The maximum absolute atomic E-state index is 12.9. The Morgan fingerprint density at radius 2 is 2.32 bits per heavy atom. The second-order valence-corrected chi connectivity index (χ2v) is 5.36. The van der Waals surface area contributed by atoms with Crippen molar-refractivity contribution in [3.63, 3.8) is 0 Å². The van der Waals surface area contributed by atoms with Crippen LogP contribution in [0.4, 0.5) is 0 Å². The Bertz CT molecular complexity index is 402. The highest BCUT2D eigenvalue weighted by molar-refractivity contribution is 5.88. The SMILES string of the molecule is COC[C@@H]1CCCN1C(=O)[C@]1(C)C=CCC=C1OC. The van der Waals surface area contributed by atoms with Crippen LogP contribution in [0, 0.1) is 5.41 Å². The third kappa shape index (κ3) is 2.54. The number of ether oxygens (including phenoxy) is 2. The number of methoxy groups -OCH3 is 2. The highest BCUT2D eigenvalue weighted by Gasteiger charge is 2.43. The first kappa shape index (κ1) is 14.1. The maximum atomic E-state index is 12.9.